The molecular formula is C23H35N3O. The first-order valence-electron chi connectivity index (χ1n) is 10.5. The number of benzene rings is 1. The molecule has 2 aromatic rings. The summed E-state index contributed by atoms with van der Waals surface area (Å²) in [6, 6.07) is 7.29. The predicted octanol–water partition coefficient (Wildman–Crippen LogP) is 5.07. The molecule has 0 spiro atoms. The Morgan fingerprint density at radius 1 is 1.00 bits per heavy atom. The molecule has 4 nitrogen and oxygen atoms in total. The van der Waals surface area contributed by atoms with Gasteiger partial charge in [-0.3, -0.25) is 4.90 Å². The van der Waals surface area contributed by atoms with Crippen LogP contribution in [-0.2, 0) is 5.41 Å². The van der Waals surface area contributed by atoms with Gasteiger partial charge in [0.1, 0.15) is 0 Å². The van der Waals surface area contributed by atoms with E-state index in [1.54, 1.807) is 0 Å². The van der Waals surface area contributed by atoms with Gasteiger partial charge in [-0.05, 0) is 49.4 Å². The SMILES string of the molecule is CC(C)(C)c1noc2cc(N3CC(N4CCC(C(C)(C)C)CC4)C3)ccc12. The van der Waals surface area contributed by atoms with E-state index >= 15 is 0 Å². The highest BCUT2D eigenvalue weighted by Crippen LogP contribution is 2.37. The molecular weight excluding hydrogens is 334 g/mol. The van der Waals surface area contributed by atoms with Crippen molar-refractivity contribution >= 4 is 16.7 Å². The van der Waals surface area contributed by atoms with E-state index in [0.717, 1.165) is 35.7 Å². The Balaban J connectivity index is 1.37. The third-order valence-electron chi connectivity index (χ3n) is 6.66. The lowest BCUT2D eigenvalue weighted by Crippen LogP contribution is -2.61. The number of hydrogen-bond acceptors (Lipinski definition) is 4. The number of rotatable bonds is 2. The fourth-order valence-corrected chi connectivity index (χ4v) is 4.69. The number of aromatic nitrogens is 1. The largest absolute Gasteiger partial charge is 0.368 e. The maximum Gasteiger partial charge on any atom is 0.169 e. The summed E-state index contributed by atoms with van der Waals surface area (Å²) in [5.74, 6) is 0.871. The summed E-state index contributed by atoms with van der Waals surface area (Å²) < 4.78 is 5.63. The molecule has 2 aliphatic rings. The Morgan fingerprint density at radius 3 is 2.26 bits per heavy atom. The average Bonchev–Trinajstić information content (AvgIpc) is 2.96. The van der Waals surface area contributed by atoms with E-state index in [1.807, 2.05) is 0 Å². The van der Waals surface area contributed by atoms with E-state index in [1.165, 1.54) is 31.6 Å². The molecule has 4 heteroatoms. The molecule has 148 valence electrons. The highest BCUT2D eigenvalue weighted by molar-refractivity contribution is 5.84. The van der Waals surface area contributed by atoms with Crippen LogP contribution >= 0.6 is 0 Å². The van der Waals surface area contributed by atoms with Crippen LogP contribution in [0.2, 0.25) is 0 Å². The fraction of sp³-hybridized carbons (Fsp3) is 0.696. The topological polar surface area (TPSA) is 32.5 Å². The van der Waals surface area contributed by atoms with E-state index in [0.29, 0.717) is 11.5 Å². The first kappa shape index (κ1) is 18.8. The predicted molar refractivity (Wildman–Crippen MR) is 112 cm³/mol. The van der Waals surface area contributed by atoms with Gasteiger partial charge in [-0.15, -0.1) is 0 Å². The molecule has 0 amide bonds. The maximum atomic E-state index is 5.63. The van der Waals surface area contributed by atoms with Crippen molar-refractivity contribution in [2.24, 2.45) is 11.3 Å². The number of fused-ring (bicyclic) bond motifs is 1. The van der Waals surface area contributed by atoms with Gasteiger partial charge in [0, 0.05) is 41.7 Å². The van der Waals surface area contributed by atoms with Gasteiger partial charge in [0.2, 0.25) is 0 Å². The summed E-state index contributed by atoms with van der Waals surface area (Å²) in [5.41, 5.74) is 3.68. The van der Waals surface area contributed by atoms with Crippen molar-refractivity contribution < 1.29 is 4.52 Å². The molecule has 2 aliphatic heterocycles. The number of piperidine rings is 1. The lowest BCUT2D eigenvalue weighted by molar-refractivity contribution is 0.0721. The van der Waals surface area contributed by atoms with E-state index in [-0.39, 0.29) is 5.41 Å². The molecule has 0 aliphatic carbocycles. The molecule has 0 atom stereocenters. The first-order chi connectivity index (χ1) is 12.6. The van der Waals surface area contributed by atoms with Crippen LogP contribution in [0.1, 0.15) is 60.1 Å². The Hall–Kier alpha value is -1.55. The highest BCUT2D eigenvalue weighted by atomic mass is 16.5. The number of anilines is 1. The number of nitrogens with zero attached hydrogens (tertiary/aromatic N) is 3. The van der Waals surface area contributed by atoms with Gasteiger partial charge in [0.15, 0.2) is 5.58 Å². The quantitative estimate of drug-likeness (QED) is 0.740. The smallest absolute Gasteiger partial charge is 0.169 e. The average molecular weight is 370 g/mol. The second kappa shape index (κ2) is 6.51. The van der Waals surface area contributed by atoms with Crippen molar-refractivity contribution in [3.63, 3.8) is 0 Å². The lowest BCUT2D eigenvalue weighted by Gasteiger charge is -2.49. The minimum absolute atomic E-state index is 0.00773. The van der Waals surface area contributed by atoms with Crippen LogP contribution in [-0.4, -0.2) is 42.3 Å². The third kappa shape index (κ3) is 3.61. The van der Waals surface area contributed by atoms with Gasteiger partial charge >= 0.3 is 0 Å². The van der Waals surface area contributed by atoms with E-state index in [4.69, 9.17) is 4.52 Å². The standard InChI is InChI=1S/C23H35N3O/c1-22(2,3)16-9-11-25(12-10-16)18-14-26(15-18)17-7-8-19-20(13-17)27-24-21(19)23(4,5)6/h7-8,13,16,18H,9-12,14-15H2,1-6H3. The van der Waals surface area contributed by atoms with Crippen molar-refractivity contribution in [3.8, 4) is 0 Å². The van der Waals surface area contributed by atoms with Gasteiger partial charge in [-0.2, -0.15) is 0 Å². The molecule has 2 fully saturated rings. The molecule has 0 unspecified atom stereocenters. The minimum atomic E-state index is 0.00773. The molecule has 0 saturated carbocycles. The van der Waals surface area contributed by atoms with Gasteiger partial charge in [0.25, 0.3) is 0 Å². The first-order valence-corrected chi connectivity index (χ1v) is 10.5. The van der Waals surface area contributed by atoms with E-state index in [9.17, 15) is 0 Å². The van der Waals surface area contributed by atoms with Crippen LogP contribution in [0.3, 0.4) is 0 Å². The number of hydrogen-bond donors (Lipinski definition) is 0. The summed E-state index contributed by atoms with van der Waals surface area (Å²) in [6.45, 7) is 18.5. The summed E-state index contributed by atoms with van der Waals surface area (Å²) >= 11 is 0. The van der Waals surface area contributed by atoms with Gasteiger partial charge in [0.05, 0.1) is 5.69 Å². The Bertz CT molecular complexity index is 797. The molecule has 0 bridgehead atoms. The van der Waals surface area contributed by atoms with E-state index in [2.05, 4.69) is 74.7 Å². The van der Waals surface area contributed by atoms with Crippen LogP contribution in [0.4, 0.5) is 5.69 Å². The Morgan fingerprint density at radius 2 is 1.67 bits per heavy atom. The highest BCUT2D eigenvalue weighted by Gasteiger charge is 2.36. The van der Waals surface area contributed by atoms with Crippen LogP contribution in [0, 0.1) is 11.3 Å². The molecule has 1 aromatic heterocycles. The molecule has 1 aromatic carbocycles. The van der Waals surface area contributed by atoms with Crippen molar-refractivity contribution in [2.75, 3.05) is 31.1 Å². The summed E-state index contributed by atoms with van der Waals surface area (Å²) in [5, 5.41) is 5.47. The van der Waals surface area contributed by atoms with Gasteiger partial charge < -0.3 is 9.42 Å². The monoisotopic (exact) mass is 369 g/mol. The molecule has 0 radical (unpaired) electrons. The second-order valence-electron chi connectivity index (χ2n) is 10.7. The van der Waals surface area contributed by atoms with Crippen LogP contribution < -0.4 is 4.90 Å². The third-order valence-corrected chi connectivity index (χ3v) is 6.66. The summed E-state index contributed by atoms with van der Waals surface area (Å²) in [4.78, 5) is 5.18. The maximum absolute atomic E-state index is 5.63. The van der Waals surface area contributed by atoms with Crippen molar-refractivity contribution in [3.05, 3.63) is 23.9 Å². The molecule has 3 heterocycles. The normalized spacial score (nSPS) is 21.0. The minimum Gasteiger partial charge on any atom is -0.368 e. The molecule has 4 rings (SSSR count). The zero-order valence-corrected chi connectivity index (χ0v) is 17.9. The zero-order chi connectivity index (χ0) is 19.4. The number of likely N-dealkylation sites (tertiary alicyclic amines) is 1. The Kier molecular flexibility index (Phi) is 4.53. The van der Waals surface area contributed by atoms with Gasteiger partial charge in [-0.1, -0.05) is 46.7 Å². The van der Waals surface area contributed by atoms with Crippen molar-refractivity contribution in [1.29, 1.82) is 0 Å². The molecule has 27 heavy (non-hydrogen) atoms. The van der Waals surface area contributed by atoms with Crippen LogP contribution in [0.15, 0.2) is 22.7 Å². The molecule has 0 N–H and O–H groups in total. The zero-order valence-electron chi connectivity index (χ0n) is 17.9. The van der Waals surface area contributed by atoms with Crippen LogP contribution in [0.25, 0.3) is 11.0 Å². The fourth-order valence-electron chi connectivity index (χ4n) is 4.69. The van der Waals surface area contributed by atoms with Crippen LogP contribution in [0.5, 0.6) is 0 Å². The summed E-state index contributed by atoms with van der Waals surface area (Å²) in [6.07, 6.45) is 2.69. The van der Waals surface area contributed by atoms with Gasteiger partial charge in [-0.25, -0.2) is 0 Å². The lowest BCUT2D eigenvalue weighted by atomic mass is 9.75. The Labute approximate surface area is 163 Å². The van der Waals surface area contributed by atoms with E-state index < -0.39 is 0 Å². The van der Waals surface area contributed by atoms with Crippen molar-refractivity contribution in [2.45, 2.75) is 65.8 Å². The van der Waals surface area contributed by atoms with Crippen molar-refractivity contribution in [1.82, 2.24) is 10.1 Å². The summed E-state index contributed by atoms with van der Waals surface area (Å²) in [7, 11) is 0. The second-order valence-corrected chi connectivity index (χ2v) is 10.7. The molecule has 2 saturated heterocycles.